The van der Waals surface area contributed by atoms with Gasteiger partial charge in [0.25, 0.3) is 5.91 Å². The van der Waals surface area contributed by atoms with Crippen molar-refractivity contribution >= 4 is 11.8 Å². The van der Waals surface area contributed by atoms with Crippen LogP contribution in [-0.2, 0) is 11.0 Å². The molecule has 2 atom stereocenters. The summed E-state index contributed by atoms with van der Waals surface area (Å²) in [5.41, 5.74) is -0.510. The number of nitrogens with one attached hydrogen (secondary N) is 1. The van der Waals surface area contributed by atoms with Gasteiger partial charge in [-0.1, -0.05) is 19.8 Å². The zero-order valence-corrected chi connectivity index (χ0v) is 18.3. The molecular formula is C23H32F3N3O2. The molecule has 1 aliphatic heterocycles. The van der Waals surface area contributed by atoms with Gasteiger partial charge in [0.05, 0.1) is 11.6 Å². The Morgan fingerprint density at radius 2 is 1.65 bits per heavy atom. The molecule has 5 nitrogen and oxygen atoms in total. The summed E-state index contributed by atoms with van der Waals surface area (Å²) in [6, 6.07) is 4.30. The zero-order chi connectivity index (χ0) is 22.6. The van der Waals surface area contributed by atoms with Crippen LogP contribution >= 0.6 is 0 Å². The number of carbonyl (C=O) groups excluding carboxylic acids is 2. The largest absolute Gasteiger partial charge is 0.416 e. The predicted octanol–water partition coefficient (Wildman–Crippen LogP) is 3.94. The zero-order valence-electron chi connectivity index (χ0n) is 18.3. The Labute approximate surface area is 182 Å². The van der Waals surface area contributed by atoms with Crippen molar-refractivity contribution in [3.8, 4) is 0 Å². The van der Waals surface area contributed by atoms with E-state index < -0.39 is 11.7 Å². The minimum Gasteiger partial charge on any atom is -0.352 e. The third-order valence-electron chi connectivity index (χ3n) is 6.57. The molecule has 2 aliphatic rings. The SMILES string of the molecule is CC[C@@H](C)NC(=O)[C@@H](C1CCCC1)N1CCN(C(=O)c2ccc(C(F)(F)F)cc2)CC1. The van der Waals surface area contributed by atoms with Gasteiger partial charge in [-0.15, -0.1) is 0 Å². The average Bonchev–Trinajstić information content (AvgIpc) is 3.27. The lowest BCUT2D eigenvalue weighted by atomic mass is 9.94. The highest BCUT2D eigenvalue weighted by molar-refractivity contribution is 5.94. The van der Waals surface area contributed by atoms with Crippen LogP contribution in [0.3, 0.4) is 0 Å². The van der Waals surface area contributed by atoms with E-state index in [0.717, 1.165) is 44.2 Å². The van der Waals surface area contributed by atoms with Crippen LogP contribution in [0.1, 0.15) is 61.9 Å². The summed E-state index contributed by atoms with van der Waals surface area (Å²) < 4.78 is 38.3. The minimum absolute atomic E-state index is 0.0729. The van der Waals surface area contributed by atoms with Gasteiger partial charge in [-0.3, -0.25) is 14.5 Å². The summed E-state index contributed by atoms with van der Waals surface area (Å²) in [5.74, 6) is 0.139. The van der Waals surface area contributed by atoms with Gasteiger partial charge in [0, 0.05) is 37.8 Å². The highest BCUT2D eigenvalue weighted by atomic mass is 19.4. The van der Waals surface area contributed by atoms with E-state index in [0.29, 0.717) is 32.1 Å². The Hall–Kier alpha value is -2.09. The maximum absolute atomic E-state index is 13.0. The first kappa shape index (κ1) is 23.6. The fourth-order valence-electron chi connectivity index (χ4n) is 4.57. The lowest BCUT2D eigenvalue weighted by Crippen LogP contribution is -2.58. The second kappa shape index (κ2) is 10.0. The van der Waals surface area contributed by atoms with Gasteiger partial charge < -0.3 is 10.2 Å². The summed E-state index contributed by atoms with van der Waals surface area (Å²) in [6.45, 7) is 6.13. The number of rotatable bonds is 6. The molecule has 0 aromatic heterocycles. The lowest BCUT2D eigenvalue weighted by molar-refractivity contribution is -0.137. The monoisotopic (exact) mass is 439 g/mol. The Kier molecular flexibility index (Phi) is 7.62. The van der Waals surface area contributed by atoms with Gasteiger partial charge in [0.15, 0.2) is 0 Å². The van der Waals surface area contributed by atoms with Crippen molar-refractivity contribution in [1.82, 2.24) is 15.1 Å². The number of halogens is 3. The van der Waals surface area contributed by atoms with Gasteiger partial charge in [-0.2, -0.15) is 13.2 Å². The number of hydrogen-bond acceptors (Lipinski definition) is 3. The molecule has 31 heavy (non-hydrogen) atoms. The van der Waals surface area contributed by atoms with Crippen LogP contribution < -0.4 is 5.32 Å². The third kappa shape index (κ3) is 5.79. The van der Waals surface area contributed by atoms with Gasteiger partial charge >= 0.3 is 6.18 Å². The molecule has 0 spiro atoms. The number of piperazine rings is 1. The molecule has 2 amide bonds. The molecule has 1 N–H and O–H groups in total. The first-order valence-electron chi connectivity index (χ1n) is 11.2. The molecule has 1 aromatic rings. The Bertz CT molecular complexity index is 752. The van der Waals surface area contributed by atoms with E-state index in [-0.39, 0.29) is 29.5 Å². The van der Waals surface area contributed by atoms with E-state index in [4.69, 9.17) is 0 Å². The fraction of sp³-hybridized carbons (Fsp3) is 0.652. The number of hydrogen-bond donors (Lipinski definition) is 1. The highest BCUT2D eigenvalue weighted by Gasteiger charge is 2.38. The quantitative estimate of drug-likeness (QED) is 0.731. The van der Waals surface area contributed by atoms with Crippen LogP contribution in [0.5, 0.6) is 0 Å². The molecule has 0 bridgehead atoms. The van der Waals surface area contributed by atoms with Crippen LogP contribution in [0.15, 0.2) is 24.3 Å². The van der Waals surface area contributed by atoms with Crippen LogP contribution in [0.2, 0.25) is 0 Å². The van der Waals surface area contributed by atoms with Crippen LogP contribution in [0, 0.1) is 5.92 Å². The topological polar surface area (TPSA) is 52.7 Å². The second-order valence-electron chi connectivity index (χ2n) is 8.71. The summed E-state index contributed by atoms with van der Waals surface area (Å²) in [5, 5.41) is 3.13. The van der Waals surface area contributed by atoms with E-state index in [1.165, 1.54) is 12.1 Å². The van der Waals surface area contributed by atoms with E-state index in [2.05, 4.69) is 10.2 Å². The normalized spacial score (nSPS) is 20.5. The van der Waals surface area contributed by atoms with Gasteiger partial charge in [0.1, 0.15) is 0 Å². The van der Waals surface area contributed by atoms with Crippen LogP contribution in [0.4, 0.5) is 13.2 Å². The second-order valence-corrected chi connectivity index (χ2v) is 8.71. The number of nitrogens with zero attached hydrogens (tertiary/aromatic N) is 2. The predicted molar refractivity (Wildman–Crippen MR) is 113 cm³/mol. The molecule has 0 unspecified atom stereocenters. The van der Waals surface area contributed by atoms with Gasteiger partial charge in [0.2, 0.25) is 5.91 Å². The van der Waals surface area contributed by atoms with Crippen molar-refractivity contribution < 1.29 is 22.8 Å². The molecule has 1 saturated heterocycles. The van der Waals surface area contributed by atoms with Crippen molar-refractivity contribution in [3.05, 3.63) is 35.4 Å². The van der Waals surface area contributed by atoms with E-state index in [1.54, 1.807) is 4.90 Å². The fourth-order valence-corrected chi connectivity index (χ4v) is 4.57. The molecule has 0 radical (unpaired) electrons. The van der Waals surface area contributed by atoms with Gasteiger partial charge in [-0.25, -0.2) is 0 Å². The number of benzene rings is 1. The maximum Gasteiger partial charge on any atom is 0.416 e. The standard InChI is InChI=1S/C23H32F3N3O2/c1-3-16(2)27-21(30)20(17-6-4-5-7-17)28-12-14-29(15-13-28)22(31)18-8-10-19(11-9-18)23(24,25)26/h8-11,16-17,20H,3-7,12-15H2,1-2H3,(H,27,30)/t16-,20-/m1/s1. The van der Waals surface area contributed by atoms with Crippen LogP contribution in [0.25, 0.3) is 0 Å². The molecular weight excluding hydrogens is 407 g/mol. The van der Waals surface area contributed by atoms with Gasteiger partial charge in [-0.05, 0) is 56.4 Å². The third-order valence-corrected chi connectivity index (χ3v) is 6.57. The van der Waals surface area contributed by atoms with Crippen molar-refractivity contribution in [3.63, 3.8) is 0 Å². The Morgan fingerprint density at radius 1 is 1.06 bits per heavy atom. The molecule has 172 valence electrons. The number of alkyl halides is 3. The summed E-state index contributed by atoms with van der Waals surface area (Å²) >= 11 is 0. The molecule has 1 aromatic carbocycles. The Balaban J connectivity index is 1.63. The molecule has 1 heterocycles. The molecule has 2 fully saturated rings. The average molecular weight is 440 g/mol. The molecule has 1 saturated carbocycles. The van der Waals surface area contributed by atoms with Crippen molar-refractivity contribution in [2.75, 3.05) is 26.2 Å². The van der Waals surface area contributed by atoms with Crippen molar-refractivity contribution in [2.24, 2.45) is 5.92 Å². The van der Waals surface area contributed by atoms with E-state index >= 15 is 0 Å². The minimum atomic E-state index is -4.42. The van der Waals surface area contributed by atoms with E-state index in [1.807, 2.05) is 13.8 Å². The number of carbonyl (C=O) groups is 2. The van der Waals surface area contributed by atoms with Crippen LogP contribution in [-0.4, -0.2) is 59.9 Å². The molecule has 1 aliphatic carbocycles. The van der Waals surface area contributed by atoms with Crippen molar-refractivity contribution in [2.45, 2.75) is 64.2 Å². The number of amides is 2. The first-order chi connectivity index (χ1) is 14.7. The summed E-state index contributed by atoms with van der Waals surface area (Å²) in [4.78, 5) is 29.6. The lowest BCUT2D eigenvalue weighted by Gasteiger charge is -2.41. The van der Waals surface area contributed by atoms with Crippen molar-refractivity contribution in [1.29, 1.82) is 0 Å². The Morgan fingerprint density at radius 3 is 2.16 bits per heavy atom. The summed E-state index contributed by atoms with van der Waals surface area (Å²) in [6.07, 6.45) is 0.831. The first-order valence-corrected chi connectivity index (χ1v) is 11.2. The summed E-state index contributed by atoms with van der Waals surface area (Å²) in [7, 11) is 0. The molecule has 3 rings (SSSR count). The smallest absolute Gasteiger partial charge is 0.352 e. The van der Waals surface area contributed by atoms with E-state index in [9.17, 15) is 22.8 Å². The maximum atomic E-state index is 13.0. The molecule has 8 heteroatoms. The highest BCUT2D eigenvalue weighted by Crippen LogP contribution is 2.32.